The van der Waals surface area contributed by atoms with E-state index in [1.807, 2.05) is 6.20 Å². The first-order valence-electron chi connectivity index (χ1n) is 7.23. The van der Waals surface area contributed by atoms with E-state index in [0.717, 1.165) is 4.57 Å². The Balaban J connectivity index is 1.82. The standard InChI is InChI=1S/C14H18N6O2S/c1-9(10-6-15-8-23-10)16-4-5-20-7-17-12-11(20)13(21)19(3)14(22)18(12)2/h6-9,16H,4-5H2,1-3H3. The Hall–Kier alpha value is -2.26. The van der Waals surface area contributed by atoms with Gasteiger partial charge in [0.1, 0.15) is 0 Å². The third kappa shape index (κ3) is 2.73. The van der Waals surface area contributed by atoms with E-state index in [4.69, 9.17) is 0 Å². The minimum Gasteiger partial charge on any atom is -0.323 e. The van der Waals surface area contributed by atoms with Crippen molar-refractivity contribution in [2.75, 3.05) is 6.54 Å². The molecule has 0 saturated heterocycles. The molecule has 122 valence electrons. The molecular formula is C14H18N6O2S. The summed E-state index contributed by atoms with van der Waals surface area (Å²) in [5.74, 6) is 0. The quantitative estimate of drug-likeness (QED) is 0.722. The molecule has 3 aromatic heterocycles. The van der Waals surface area contributed by atoms with Gasteiger partial charge in [0.05, 0.1) is 11.8 Å². The molecule has 0 saturated carbocycles. The molecule has 1 N–H and O–H groups in total. The smallest absolute Gasteiger partial charge is 0.323 e. The highest BCUT2D eigenvalue weighted by molar-refractivity contribution is 7.09. The fraction of sp³-hybridized carbons (Fsp3) is 0.429. The second-order valence-corrected chi connectivity index (χ2v) is 6.31. The number of aryl methyl sites for hydroxylation is 1. The van der Waals surface area contributed by atoms with Crippen LogP contribution in [-0.2, 0) is 20.6 Å². The van der Waals surface area contributed by atoms with E-state index in [0.29, 0.717) is 24.3 Å². The van der Waals surface area contributed by atoms with Crippen LogP contribution in [0.1, 0.15) is 17.8 Å². The van der Waals surface area contributed by atoms with Crippen molar-refractivity contribution in [3.63, 3.8) is 0 Å². The summed E-state index contributed by atoms with van der Waals surface area (Å²) >= 11 is 1.61. The van der Waals surface area contributed by atoms with Crippen LogP contribution in [0.15, 0.2) is 27.6 Å². The molecule has 0 fully saturated rings. The zero-order chi connectivity index (χ0) is 16.6. The van der Waals surface area contributed by atoms with Gasteiger partial charge in [-0.1, -0.05) is 0 Å². The van der Waals surface area contributed by atoms with Gasteiger partial charge < -0.3 is 9.88 Å². The molecule has 3 heterocycles. The van der Waals surface area contributed by atoms with Crippen LogP contribution in [0.25, 0.3) is 11.2 Å². The van der Waals surface area contributed by atoms with Gasteiger partial charge in [0.15, 0.2) is 11.2 Å². The molecule has 0 amide bonds. The largest absolute Gasteiger partial charge is 0.332 e. The Kier molecular flexibility index (Phi) is 4.14. The van der Waals surface area contributed by atoms with Crippen LogP contribution in [0.2, 0.25) is 0 Å². The summed E-state index contributed by atoms with van der Waals surface area (Å²) in [6, 6.07) is 0.199. The van der Waals surface area contributed by atoms with E-state index in [1.165, 1.54) is 16.5 Å². The van der Waals surface area contributed by atoms with Crippen LogP contribution in [0.5, 0.6) is 0 Å². The van der Waals surface area contributed by atoms with Crippen LogP contribution in [0.4, 0.5) is 0 Å². The summed E-state index contributed by atoms with van der Waals surface area (Å²) < 4.78 is 4.28. The average Bonchev–Trinajstić information content (AvgIpc) is 3.20. The summed E-state index contributed by atoms with van der Waals surface area (Å²) in [5.41, 5.74) is 1.97. The first-order chi connectivity index (χ1) is 11.0. The van der Waals surface area contributed by atoms with E-state index >= 15 is 0 Å². The molecule has 0 bridgehead atoms. The predicted molar refractivity (Wildman–Crippen MR) is 88.7 cm³/mol. The zero-order valence-corrected chi connectivity index (χ0v) is 14.0. The SMILES string of the molecule is CC(NCCn1cnc2c1c(=O)n(C)c(=O)n2C)c1cncs1. The van der Waals surface area contributed by atoms with Gasteiger partial charge in [-0.15, -0.1) is 11.3 Å². The van der Waals surface area contributed by atoms with Gasteiger partial charge in [-0.05, 0) is 6.92 Å². The van der Waals surface area contributed by atoms with Gasteiger partial charge in [0.2, 0.25) is 0 Å². The van der Waals surface area contributed by atoms with E-state index in [2.05, 4.69) is 22.2 Å². The Labute approximate surface area is 136 Å². The van der Waals surface area contributed by atoms with Crippen molar-refractivity contribution < 1.29 is 0 Å². The fourth-order valence-corrected chi connectivity index (χ4v) is 3.16. The number of fused-ring (bicyclic) bond motifs is 1. The summed E-state index contributed by atoms with van der Waals surface area (Å²) in [4.78, 5) is 33.7. The van der Waals surface area contributed by atoms with E-state index in [9.17, 15) is 9.59 Å². The molecule has 1 unspecified atom stereocenters. The van der Waals surface area contributed by atoms with Crippen molar-refractivity contribution in [3.8, 4) is 0 Å². The van der Waals surface area contributed by atoms with Crippen molar-refractivity contribution in [1.29, 1.82) is 0 Å². The summed E-state index contributed by atoms with van der Waals surface area (Å²) in [6.07, 6.45) is 3.45. The third-order valence-electron chi connectivity index (χ3n) is 3.90. The molecule has 9 heteroatoms. The van der Waals surface area contributed by atoms with Crippen LogP contribution in [0.3, 0.4) is 0 Å². The third-order valence-corrected chi connectivity index (χ3v) is 4.86. The molecule has 0 aromatic carbocycles. The predicted octanol–water partition coefficient (Wildman–Crippen LogP) is 0.241. The zero-order valence-electron chi connectivity index (χ0n) is 13.2. The van der Waals surface area contributed by atoms with Crippen molar-refractivity contribution in [1.82, 2.24) is 29.0 Å². The van der Waals surface area contributed by atoms with Crippen LogP contribution in [-0.4, -0.2) is 30.2 Å². The van der Waals surface area contributed by atoms with E-state index in [-0.39, 0.29) is 17.3 Å². The van der Waals surface area contributed by atoms with Gasteiger partial charge >= 0.3 is 5.69 Å². The van der Waals surface area contributed by atoms with Gasteiger partial charge in [-0.3, -0.25) is 18.9 Å². The summed E-state index contributed by atoms with van der Waals surface area (Å²) in [7, 11) is 3.09. The highest BCUT2D eigenvalue weighted by Crippen LogP contribution is 2.15. The number of imidazole rings is 1. The lowest BCUT2D eigenvalue weighted by atomic mass is 10.3. The molecule has 0 aliphatic rings. The molecular weight excluding hydrogens is 316 g/mol. The fourth-order valence-electron chi connectivity index (χ4n) is 2.51. The van der Waals surface area contributed by atoms with Gasteiger partial charge in [0, 0.05) is 44.3 Å². The Morgan fingerprint density at radius 3 is 2.78 bits per heavy atom. The Morgan fingerprint density at radius 1 is 1.30 bits per heavy atom. The van der Waals surface area contributed by atoms with Crippen LogP contribution >= 0.6 is 11.3 Å². The second kappa shape index (κ2) is 6.09. The maximum absolute atomic E-state index is 12.3. The average molecular weight is 334 g/mol. The molecule has 23 heavy (non-hydrogen) atoms. The minimum absolute atomic E-state index is 0.199. The topological polar surface area (TPSA) is 86.7 Å². The number of hydrogen-bond acceptors (Lipinski definition) is 6. The summed E-state index contributed by atoms with van der Waals surface area (Å²) in [6.45, 7) is 3.34. The number of nitrogens with one attached hydrogen (secondary N) is 1. The maximum atomic E-state index is 12.3. The first kappa shape index (κ1) is 15.6. The van der Waals surface area contributed by atoms with Gasteiger partial charge in [0.25, 0.3) is 5.56 Å². The molecule has 8 nitrogen and oxygen atoms in total. The van der Waals surface area contributed by atoms with Crippen molar-refractivity contribution in [2.45, 2.75) is 19.5 Å². The summed E-state index contributed by atoms with van der Waals surface area (Å²) in [5, 5.41) is 3.39. The lowest BCUT2D eigenvalue weighted by Crippen LogP contribution is -2.37. The molecule has 0 spiro atoms. The van der Waals surface area contributed by atoms with Crippen molar-refractivity contribution in [2.24, 2.45) is 14.1 Å². The van der Waals surface area contributed by atoms with Crippen LogP contribution in [0, 0.1) is 0 Å². The molecule has 0 aliphatic heterocycles. The molecule has 3 aromatic rings. The maximum Gasteiger partial charge on any atom is 0.332 e. The van der Waals surface area contributed by atoms with E-state index in [1.54, 1.807) is 34.8 Å². The lowest BCUT2D eigenvalue weighted by molar-refractivity contribution is 0.539. The van der Waals surface area contributed by atoms with Gasteiger partial charge in [-0.25, -0.2) is 9.78 Å². The lowest BCUT2D eigenvalue weighted by Gasteiger charge is -2.12. The minimum atomic E-state index is -0.371. The second-order valence-electron chi connectivity index (χ2n) is 5.40. The first-order valence-corrected chi connectivity index (χ1v) is 8.11. The van der Waals surface area contributed by atoms with Crippen molar-refractivity contribution in [3.05, 3.63) is 43.7 Å². The number of rotatable bonds is 5. The monoisotopic (exact) mass is 334 g/mol. The Morgan fingerprint density at radius 2 is 2.09 bits per heavy atom. The highest BCUT2D eigenvalue weighted by atomic mass is 32.1. The van der Waals surface area contributed by atoms with Crippen LogP contribution < -0.4 is 16.6 Å². The molecule has 0 radical (unpaired) electrons. The number of hydrogen-bond donors (Lipinski definition) is 1. The normalized spacial score (nSPS) is 12.8. The van der Waals surface area contributed by atoms with Gasteiger partial charge in [-0.2, -0.15) is 0 Å². The number of aromatic nitrogens is 5. The molecule has 1 atom stereocenters. The number of thiazole rings is 1. The number of nitrogens with zero attached hydrogens (tertiary/aromatic N) is 5. The van der Waals surface area contributed by atoms with Crippen molar-refractivity contribution >= 4 is 22.5 Å². The highest BCUT2D eigenvalue weighted by Gasteiger charge is 2.14. The molecule has 0 aliphatic carbocycles. The Bertz CT molecular complexity index is 937. The van der Waals surface area contributed by atoms with E-state index < -0.39 is 0 Å². The molecule has 3 rings (SSSR count).